The molecular weight excluding hydrogens is 354 g/mol. The third-order valence-electron chi connectivity index (χ3n) is 4.52. The van der Waals surface area contributed by atoms with Gasteiger partial charge in [0.05, 0.1) is 34.8 Å². The zero-order chi connectivity index (χ0) is 18.3. The van der Waals surface area contributed by atoms with E-state index in [0.717, 1.165) is 23.9 Å². The van der Waals surface area contributed by atoms with E-state index in [-0.39, 0.29) is 11.7 Å². The average molecular weight is 374 g/mol. The van der Waals surface area contributed by atoms with Crippen LogP contribution < -0.4 is 5.32 Å². The quantitative estimate of drug-likeness (QED) is 0.715. The molecule has 0 radical (unpaired) electrons. The number of hydrogen-bond acceptors (Lipinski definition) is 4. The van der Waals surface area contributed by atoms with Gasteiger partial charge in [-0.1, -0.05) is 11.6 Å². The summed E-state index contributed by atoms with van der Waals surface area (Å²) < 4.78 is 9.30. The van der Waals surface area contributed by atoms with Crippen LogP contribution in [0.15, 0.2) is 28.9 Å². The lowest BCUT2D eigenvalue weighted by molar-refractivity contribution is 0.0994. The first kappa shape index (κ1) is 16.9. The van der Waals surface area contributed by atoms with E-state index in [1.54, 1.807) is 23.0 Å². The standard InChI is InChI=1S/C18H20ClN5O2/c1-11-17(19)12(2)24(22-11)10-15-5-6-16(26-15)18(25)21-14-7-20-23(9-14)8-13-3-4-13/h5-7,9,13H,3-4,8,10H2,1-2H3,(H,21,25). The number of amides is 1. The third kappa shape index (κ3) is 3.53. The molecular formula is C18H20ClN5O2. The zero-order valence-corrected chi connectivity index (χ0v) is 15.5. The number of halogens is 1. The zero-order valence-electron chi connectivity index (χ0n) is 14.7. The highest BCUT2D eigenvalue weighted by Gasteiger charge is 2.22. The number of nitrogens with zero attached hydrogens (tertiary/aromatic N) is 4. The molecule has 1 N–H and O–H groups in total. The minimum Gasteiger partial charge on any atom is -0.454 e. The van der Waals surface area contributed by atoms with E-state index in [1.807, 2.05) is 24.7 Å². The first-order chi connectivity index (χ1) is 12.5. The van der Waals surface area contributed by atoms with Gasteiger partial charge in [-0.05, 0) is 44.7 Å². The summed E-state index contributed by atoms with van der Waals surface area (Å²) in [6, 6.07) is 3.43. The smallest absolute Gasteiger partial charge is 0.291 e. The normalized spacial score (nSPS) is 14.0. The van der Waals surface area contributed by atoms with Crippen LogP contribution in [-0.2, 0) is 13.1 Å². The molecule has 3 heterocycles. The molecule has 136 valence electrons. The maximum atomic E-state index is 12.4. The number of hydrogen-bond donors (Lipinski definition) is 1. The summed E-state index contributed by atoms with van der Waals surface area (Å²) in [6.45, 7) is 5.09. The predicted octanol–water partition coefficient (Wildman–Crippen LogP) is 3.65. The van der Waals surface area contributed by atoms with Crippen molar-refractivity contribution in [1.29, 1.82) is 0 Å². The van der Waals surface area contributed by atoms with Gasteiger partial charge in [-0.15, -0.1) is 0 Å². The van der Waals surface area contributed by atoms with Gasteiger partial charge >= 0.3 is 0 Å². The Bertz CT molecular complexity index is 951. The van der Waals surface area contributed by atoms with Crippen LogP contribution in [0.5, 0.6) is 0 Å². The van der Waals surface area contributed by atoms with Crippen molar-refractivity contribution in [3.63, 3.8) is 0 Å². The summed E-state index contributed by atoms with van der Waals surface area (Å²) in [7, 11) is 0. The van der Waals surface area contributed by atoms with E-state index in [1.165, 1.54) is 12.8 Å². The number of rotatable bonds is 6. The number of carbonyl (C=O) groups is 1. The molecule has 1 aliphatic rings. The maximum absolute atomic E-state index is 12.4. The van der Waals surface area contributed by atoms with E-state index in [0.29, 0.717) is 23.0 Å². The number of anilines is 1. The Hall–Kier alpha value is -2.54. The van der Waals surface area contributed by atoms with Crippen molar-refractivity contribution in [3.8, 4) is 0 Å². The van der Waals surface area contributed by atoms with Crippen LogP contribution in [0.4, 0.5) is 5.69 Å². The van der Waals surface area contributed by atoms with Crippen molar-refractivity contribution < 1.29 is 9.21 Å². The minimum atomic E-state index is -0.298. The Kier molecular flexibility index (Phi) is 4.32. The van der Waals surface area contributed by atoms with Gasteiger partial charge in [-0.2, -0.15) is 10.2 Å². The van der Waals surface area contributed by atoms with Crippen molar-refractivity contribution >= 4 is 23.2 Å². The molecule has 0 spiro atoms. The number of aryl methyl sites for hydroxylation is 1. The molecule has 8 heteroatoms. The van der Waals surface area contributed by atoms with Gasteiger partial charge in [-0.25, -0.2) is 0 Å². The van der Waals surface area contributed by atoms with Crippen molar-refractivity contribution in [1.82, 2.24) is 19.6 Å². The molecule has 0 bridgehead atoms. The van der Waals surface area contributed by atoms with E-state index in [9.17, 15) is 4.79 Å². The lowest BCUT2D eigenvalue weighted by Gasteiger charge is -2.02. The van der Waals surface area contributed by atoms with E-state index < -0.39 is 0 Å². The Morgan fingerprint density at radius 3 is 2.88 bits per heavy atom. The van der Waals surface area contributed by atoms with Crippen LogP contribution in [0.3, 0.4) is 0 Å². The lowest BCUT2D eigenvalue weighted by Crippen LogP contribution is -2.10. The fourth-order valence-corrected chi connectivity index (χ4v) is 2.98. The molecule has 0 atom stereocenters. The second-order valence-corrected chi connectivity index (χ2v) is 7.13. The maximum Gasteiger partial charge on any atom is 0.291 e. The van der Waals surface area contributed by atoms with E-state index in [2.05, 4.69) is 15.5 Å². The molecule has 1 aliphatic carbocycles. The largest absolute Gasteiger partial charge is 0.454 e. The summed E-state index contributed by atoms with van der Waals surface area (Å²) in [6.07, 6.45) is 6.02. The van der Waals surface area contributed by atoms with Crippen LogP contribution in [0.25, 0.3) is 0 Å². The summed E-state index contributed by atoms with van der Waals surface area (Å²) in [5.41, 5.74) is 2.31. The molecule has 7 nitrogen and oxygen atoms in total. The topological polar surface area (TPSA) is 77.9 Å². The van der Waals surface area contributed by atoms with Crippen molar-refractivity contribution in [2.24, 2.45) is 5.92 Å². The Labute approximate surface area is 155 Å². The lowest BCUT2D eigenvalue weighted by atomic mass is 10.3. The molecule has 0 aromatic carbocycles. The van der Waals surface area contributed by atoms with Crippen LogP contribution in [0.2, 0.25) is 5.02 Å². The van der Waals surface area contributed by atoms with Gasteiger partial charge in [0.1, 0.15) is 5.76 Å². The first-order valence-electron chi connectivity index (χ1n) is 8.61. The average Bonchev–Trinajstić information content (AvgIpc) is 3.01. The Morgan fingerprint density at radius 1 is 1.38 bits per heavy atom. The van der Waals surface area contributed by atoms with Crippen molar-refractivity contribution in [3.05, 3.63) is 52.5 Å². The number of furan rings is 1. The molecule has 1 amide bonds. The molecule has 3 aromatic rings. The summed E-state index contributed by atoms with van der Waals surface area (Å²) in [5, 5.41) is 12.1. The highest BCUT2D eigenvalue weighted by molar-refractivity contribution is 6.31. The number of nitrogens with one attached hydrogen (secondary N) is 1. The molecule has 4 rings (SSSR count). The van der Waals surface area contributed by atoms with Crippen LogP contribution in [-0.4, -0.2) is 25.5 Å². The Balaban J connectivity index is 1.40. The fraction of sp³-hybridized carbons (Fsp3) is 0.389. The van der Waals surface area contributed by atoms with Gasteiger partial charge in [0.2, 0.25) is 0 Å². The van der Waals surface area contributed by atoms with Gasteiger partial charge in [-0.3, -0.25) is 14.2 Å². The molecule has 1 saturated carbocycles. The molecule has 0 saturated heterocycles. The monoisotopic (exact) mass is 373 g/mol. The summed E-state index contributed by atoms with van der Waals surface area (Å²) in [5.74, 6) is 1.33. The second kappa shape index (κ2) is 6.64. The molecule has 0 unspecified atom stereocenters. The highest BCUT2D eigenvalue weighted by atomic mass is 35.5. The summed E-state index contributed by atoms with van der Waals surface area (Å²) in [4.78, 5) is 12.4. The van der Waals surface area contributed by atoms with Gasteiger partial charge in [0, 0.05) is 12.7 Å². The SMILES string of the molecule is Cc1nn(Cc2ccc(C(=O)Nc3cnn(CC4CC4)c3)o2)c(C)c1Cl. The third-order valence-corrected chi connectivity index (χ3v) is 5.06. The van der Waals surface area contributed by atoms with Crippen molar-refractivity contribution in [2.75, 3.05) is 5.32 Å². The van der Waals surface area contributed by atoms with Crippen molar-refractivity contribution in [2.45, 2.75) is 39.8 Å². The van der Waals surface area contributed by atoms with Crippen LogP contribution in [0, 0.1) is 19.8 Å². The van der Waals surface area contributed by atoms with Crippen LogP contribution in [0.1, 0.15) is 40.5 Å². The van der Waals surface area contributed by atoms with Gasteiger partial charge < -0.3 is 9.73 Å². The van der Waals surface area contributed by atoms with Gasteiger partial charge in [0.15, 0.2) is 5.76 Å². The molecule has 26 heavy (non-hydrogen) atoms. The van der Waals surface area contributed by atoms with E-state index in [4.69, 9.17) is 16.0 Å². The van der Waals surface area contributed by atoms with E-state index >= 15 is 0 Å². The molecule has 3 aromatic heterocycles. The molecule has 0 aliphatic heterocycles. The van der Waals surface area contributed by atoms with Crippen LogP contribution >= 0.6 is 11.6 Å². The summed E-state index contributed by atoms with van der Waals surface area (Å²) >= 11 is 6.16. The fourth-order valence-electron chi connectivity index (χ4n) is 2.85. The second-order valence-electron chi connectivity index (χ2n) is 6.76. The predicted molar refractivity (Wildman–Crippen MR) is 97.4 cm³/mol. The Morgan fingerprint density at radius 2 is 2.19 bits per heavy atom. The minimum absolute atomic E-state index is 0.252. The highest BCUT2D eigenvalue weighted by Crippen LogP contribution is 2.30. The molecule has 1 fully saturated rings. The van der Waals surface area contributed by atoms with Gasteiger partial charge in [0.25, 0.3) is 5.91 Å². The number of carbonyl (C=O) groups excluding carboxylic acids is 1. The number of aromatic nitrogens is 4. The first-order valence-corrected chi connectivity index (χ1v) is 8.99.